The molecular weight excluding hydrogens is 226 g/mol. The molecule has 0 aliphatic rings. The quantitative estimate of drug-likeness (QED) is 0.410. The summed E-state index contributed by atoms with van der Waals surface area (Å²) in [5.41, 5.74) is 0.568. The van der Waals surface area contributed by atoms with E-state index in [4.69, 9.17) is 0 Å². The molecule has 0 aliphatic carbocycles. The summed E-state index contributed by atoms with van der Waals surface area (Å²) in [4.78, 5) is 11.8. The molecule has 0 fully saturated rings. The molecule has 0 spiro atoms. The van der Waals surface area contributed by atoms with E-state index in [2.05, 4.69) is 31.6 Å². The summed E-state index contributed by atoms with van der Waals surface area (Å²) in [5, 5.41) is 12.1. The lowest BCUT2D eigenvalue weighted by Gasteiger charge is -2.07. The SMILES string of the molecule is C=C/C=C\C(=C/C=C)NC(=O)/C(C=C)=C(\O)C=C. The van der Waals surface area contributed by atoms with Crippen LogP contribution in [0.1, 0.15) is 0 Å². The molecule has 94 valence electrons. The first-order chi connectivity index (χ1) is 8.60. The van der Waals surface area contributed by atoms with E-state index in [0.29, 0.717) is 5.70 Å². The largest absolute Gasteiger partial charge is 0.507 e. The Kier molecular flexibility index (Phi) is 7.37. The summed E-state index contributed by atoms with van der Waals surface area (Å²) >= 11 is 0. The van der Waals surface area contributed by atoms with Crippen molar-refractivity contribution in [3.05, 3.63) is 85.9 Å². The Labute approximate surface area is 108 Å². The number of carbonyl (C=O) groups excluding carboxylic acids is 1. The average Bonchev–Trinajstić information content (AvgIpc) is 2.36. The molecule has 0 unspecified atom stereocenters. The number of hydrogen-bond donors (Lipinski definition) is 2. The van der Waals surface area contributed by atoms with Crippen LogP contribution in [0.15, 0.2) is 85.9 Å². The minimum Gasteiger partial charge on any atom is -0.507 e. The van der Waals surface area contributed by atoms with Gasteiger partial charge in [-0.25, -0.2) is 0 Å². The van der Waals surface area contributed by atoms with Crippen molar-refractivity contribution >= 4 is 5.91 Å². The zero-order chi connectivity index (χ0) is 14.0. The second kappa shape index (κ2) is 8.58. The maximum atomic E-state index is 11.8. The molecule has 0 aromatic heterocycles. The number of aliphatic hydroxyl groups excluding tert-OH is 1. The molecule has 0 radical (unpaired) electrons. The van der Waals surface area contributed by atoms with Gasteiger partial charge in [0.15, 0.2) is 0 Å². The number of hydrogen-bond acceptors (Lipinski definition) is 2. The molecular formula is C15H17NO2. The summed E-state index contributed by atoms with van der Waals surface area (Å²) in [7, 11) is 0. The normalized spacial score (nSPS) is 12.6. The molecule has 18 heavy (non-hydrogen) atoms. The third-order valence-electron chi connectivity index (χ3n) is 1.89. The minimum atomic E-state index is -0.482. The number of carbonyl (C=O) groups is 1. The molecule has 0 aromatic rings. The van der Waals surface area contributed by atoms with Crippen molar-refractivity contribution in [2.45, 2.75) is 0 Å². The fourth-order valence-corrected chi connectivity index (χ4v) is 1.06. The van der Waals surface area contributed by atoms with Crippen LogP contribution in [0.5, 0.6) is 0 Å². The van der Waals surface area contributed by atoms with Gasteiger partial charge < -0.3 is 10.4 Å². The van der Waals surface area contributed by atoms with Gasteiger partial charge in [-0.3, -0.25) is 4.79 Å². The molecule has 1 amide bonds. The lowest BCUT2D eigenvalue weighted by atomic mass is 10.2. The lowest BCUT2D eigenvalue weighted by Crippen LogP contribution is -2.23. The van der Waals surface area contributed by atoms with Gasteiger partial charge in [0, 0.05) is 5.70 Å². The summed E-state index contributed by atoms with van der Waals surface area (Å²) in [5.74, 6) is -0.711. The maximum Gasteiger partial charge on any atom is 0.259 e. The maximum absolute atomic E-state index is 11.8. The molecule has 3 nitrogen and oxygen atoms in total. The third-order valence-corrected chi connectivity index (χ3v) is 1.89. The summed E-state index contributed by atoms with van der Waals surface area (Å²) in [6, 6.07) is 0. The highest BCUT2D eigenvalue weighted by Crippen LogP contribution is 2.06. The topological polar surface area (TPSA) is 49.3 Å². The van der Waals surface area contributed by atoms with Crippen molar-refractivity contribution in [3.63, 3.8) is 0 Å². The molecule has 0 atom stereocenters. The molecule has 0 aromatic carbocycles. The molecule has 0 heterocycles. The van der Waals surface area contributed by atoms with E-state index in [1.165, 1.54) is 18.2 Å². The van der Waals surface area contributed by atoms with Gasteiger partial charge in [-0.1, -0.05) is 50.6 Å². The highest BCUT2D eigenvalue weighted by Gasteiger charge is 2.10. The van der Waals surface area contributed by atoms with Crippen LogP contribution in [0.2, 0.25) is 0 Å². The predicted molar refractivity (Wildman–Crippen MR) is 75.8 cm³/mol. The highest BCUT2D eigenvalue weighted by atomic mass is 16.3. The van der Waals surface area contributed by atoms with Gasteiger partial charge in [-0.2, -0.15) is 0 Å². The Morgan fingerprint density at radius 1 is 1.06 bits per heavy atom. The average molecular weight is 243 g/mol. The van der Waals surface area contributed by atoms with Crippen LogP contribution in [0, 0.1) is 0 Å². The van der Waals surface area contributed by atoms with Crippen LogP contribution in [0.25, 0.3) is 0 Å². The molecule has 0 saturated carbocycles. The molecule has 3 heteroatoms. The molecule has 0 bridgehead atoms. The van der Waals surface area contributed by atoms with Gasteiger partial charge >= 0.3 is 0 Å². The van der Waals surface area contributed by atoms with Crippen LogP contribution in [-0.4, -0.2) is 11.0 Å². The van der Waals surface area contributed by atoms with E-state index in [9.17, 15) is 9.90 Å². The van der Waals surface area contributed by atoms with Gasteiger partial charge in [0.05, 0.1) is 5.57 Å². The minimum absolute atomic E-state index is 0.0481. The fraction of sp³-hybridized carbons (Fsp3) is 0. The number of aliphatic hydroxyl groups is 1. The van der Waals surface area contributed by atoms with Crippen molar-refractivity contribution in [1.29, 1.82) is 0 Å². The monoisotopic (exact) mass is 243 g/mol. The Bertz CT molecular complexity index is 451. The van der Waals surface area contributed by atoms with Gasteiger partial charge in [0.2, 0.25) is 0 Å². The van der Waals surface area contributed by atoms with E-state index in [1.807, 2.05) is 0 Å². The van der Waals surface area contributed by atoms with E-state index >= 15 is 0 Å². The Morgan fingerprint density at radius 2 is 1.72 bits per heavy atom. The van der Waals surface area contributed by atoms with Crippen LogP contribution in [0.3, 0.4) is 0 Å². The fourth-order valence-electron chi connectivity index (χ4n) is 1.06. The summed E-state index contributed by atoms with van der Waals surface area (Å²) in [6.45, 7) is 13.9. The number of amides is 1. The first-order valence-corrected chi connectivity index (χ1v) is 5.22. The Hall–Kier alpha value is -2.55. The lowest BCUT2D eigenvalue weighted by molar-refractivity contribution is -0.116. The molecule has 2 N–H and O–H groups in total. The zero-order valence-electron chi connectivity index (χ0n) is 10.2. The smallest absolute Gasteiger partial charge is 0.259 e. The van der Waals surface area contributed by atoms with Crippen LogP contribution in [0.4, 0.5) is 0 Å². The van der Waals surface area contributed by atoms with Crippen LogP contribution in [-0.2, 0) is 4.79 Å². The van der Waals surface area contributed by atoms with Crippen molar-refractivity contribution in [2.75, 3.05) is 0 Å². The summed E-state index contributed by atoms with van der Waals surface area (Å²) < 4.78 is 0. The highest BCUT2D eigenvalue weighted by molar-refractivity contribution is 5.98. The number of nitrogens with one attached hydrogen (secondary N) is 1. The second-order valence-corrected chi connectivity index (χ2v) is 3.11. The van der Waals surface area contributed by atoms with Gasteiger partial charge in [0.25, 0.3) is 5.91 Å². The van der Waals surface area contributed by atoms with Gasteiger partial charge in [-0.15, -0.1) is 0 Å². The standard InChI is InChI=1S/C15H17NO2/c1-5-9-11-12(10-6-2)16-15(18)13(7-3)14(17)8-4/h5-11,17H,1-4H2,(H,16,18)/b11-9-,12-10+,14-13-. The Balaban J connectivity index is 5.12. The third kappa shape index (κ3) is 4.99. The van der Waals surface area contributed by atoms with E-state index < -0.39 is 5.91 Å². The van der Waals surface area contributed by atoms with E-state index in [-0.39, 0.29) is 11.3 Å². The van der Waals surface area contributed by atoms with Gasteiger partial charge in [0.1, 0.15) is 5.76 Å². The molecule has 0 rings (SSSR count). The van der Waals surface area contributed by atoms with Crippen molar-refractivity contribution in [2.24, 2.45) is 0 Å². The van der Waals surface area contributed by atoms with E-state index in [1.54, 1.807) is 24.3 Å². The first kappa shape index (κ1) is 15.4. The predicted octanol–water partition coefficient (Wildman–Crippen LogP) is 3.10. The van der Waals surface area contributed by atoms with Crippen molar-refractivity contribution in [1.82, 2.24) is 5.32 Å². The van der Waals surface area contributed by atoms with Crippen molar-refractivity contribution < 1.29 is 9.90 Å². The zero-order valence-corrected chi connectivity index (χ0v) is 10.2. The first-order valence-electron chi connectivity index (χ1n) is 5.22. The van der Waals surface area contributed by atoms with Crippen LogP contribution < -0.4 is 5.32 Å². The number of allylic oxidation sites excluding steroid dienone is 6. The second-order valence-electron chi connectivity index (χ2n) is 3.11. The summed E-state index contributed by atoms with van der Waals surface area (Å²) in [6.07, 6.45) is 10.5. The van der Waals surface area contributed by atoms with Gasteiger partial charge in [-0.05, 0) is 18.2 Å². The number of rotatable bonds is 7. The van der Waals surface area contributed by atoms with E-state index in [0.717, 1.165) is 0 Å². The Morgan fingerprint density at radius 3 is 2.17 bits per heavy atom. The molecule has 0 saturated heterocycles. The van der Waals surface area contributed by atoms with Crippen molar-refractivity contribution in [3.8, 4) is 0 Å². The molecule has 0 aliphatic heterocycles. The van der Waals surface area contributed by atoms with Crippen LogP contribution >= 0.6 is 0 Å².